The van der Waals surface area contributed by atoms with E-state index in [2.05, 4.69) is 40.6 Å². The molecule has 1 atom stereocenters. The Bertz CT molecular complexity index is 794. The minimum atomic E-state index is -0.00959. The van der Waals surface area contributed by atoms with E-state index in [1.807, 2.05) is 17.5 Å². The molecule has 23 heavy (non-hydrogen) atoms. The highest BCUT2D eigenvalue weighted by Gasteiger charge is 2.18. The Hall–Kier alpha value is -2.14. The van der Waals surface area contributed by atoms with Crippen molar-refractivity contribution in [3.05, 3.63) is 52.7 Å². The monoisotopic (exact) mass is 325 g/mol. The zero-order chi connectivity index (χ0) is 15.6. The maximum Gasteiger partial charge on any atom is 0.249 e. The van der Waals surface area contributed by atoms with Crippen molar-refractivity contribution in [3.63, 3.8) is 0 Å². The van der Waals surface area contributed by atoms with Crippen LogP contribution in [0.2, 0.25) is 0 Å². The van der Waals surface area contributed by atoms with Gasteiger partial charge in [0.05, 0.1) is 4.88 Å². The van der Waals surface area contributed by atoms with Crippen molar-refractivity contribution >= 4 is 17.0 Å². The third-order valence-electron chi connectivity index (χ3n) is 4.32. The van der Waals surface area contributed by atoms with Crippen molar-refractivity contribution in [3.8, 4) is 10.7 Å². The van der Waals surface area contributed by atoms with Crippen molar-refractivity contribution in [2.75, 3.05) is 5.32 Å². The Morgan fingerprint density at radius 3 is 2.96 bits per heavy atom. The zero-order valence-electron chi connectivity index (χ0n) is 13.1. The second-order valence-corrected chi connectivity index (χ2v) is 6.90. The fourth-order valence-electron chi connectivity index (χ4n) is 3.13. The number of nitrogens with one attached hydrogen (secondary N) is 1. The van der Waals surface area contributed by atoms with Gasteiger partial charge in [-0.1, -0.05) is 23.4 Å². The first-order valence-electron chi connectivity index (χ1n) is 8.06. The minimum absolute atomic E-state index is 0.00959. The summed E-state index contributed by atoms with van der Waals surface area (Å²) in [5.41, 5.74) is 4.12. The lowest BCUT2D eigenvalue weighted by Gasteiger charge is -2.21. The van der Waals surface area contributed by atoms with E-state index >= 15 is 0 Å². The molecule has 4 nitrogen and oxygen atoms in total. The predicted octanol–water partition coefficient (Wildman–Crippen LogP) is 4.85. The lowest BCUT2D eigenvalue weighted by atomic mass is 9.90. The van der Waals surface area contributed by atoms with Crippen LogP contribution in [0.1, 0.15) is 42.8 Å². The number of aromatic nitrogens is 2. The summed E-state index contributed by atoms with van der Waals surface area (Å²) < 4.78 is 5.45. The molecular weight excluding hydrogens is 306 g/mol. The van der Waals surface area contributed by atoms with Crippen molar-refractivity contribution in [1.29, 1.82) is 0 Å². The number of hydrogen-bond acceptors (Lipinski definition) is 5. The molecule has 0 aliphatic heterocycles. The zero-order valence-corrected chi connectivity index (χ0v) is 13.9. The van der Waals surface area contributed by atoms with Crippen LogP contribution in [0.3, 0.4) is 0 Å². The molecule has 2 heterocycles. The Labute approximate surface area is 139 Å². The molecule has 0 spiro atoms. The van der Waals surface area contributed by atoms with Gasteiger partial charge in [-0.3, -0.25) is 0 Å². The lowest BCUT2D eigenvalue weighted by Crippen LogP contribution is -2.12. The van der Waals surface area contributed by atoms with Crippen LogP contribution in [0, 0.1) is 0 Å². The van der Waals surface area contributed by atoms with E-state index in [0.29, 0.717) is 11.7 Å². The fraction of sp³-hybridized carbons (Fsp3) is 0.333. The van der Waals surface area contributed by atoms with Crippen LogP contribution >= 0.6 is 11.3 Å². The van der Waals surface area contributed by atoms with Gasteiger partial charge >= 0.3 is 0 Å². The van der Waals surface area contributed by atoms with Gasteiger partial charge in [-0.2, -0.15) is 4.98 Å². The summed E-state index contributed by atoms with van der Waals surface area (Å²) in [4.78, 5) is 5.56. The van der Waals surface area contributed by atoms with E-state index in [-0.39, 0.29) is 6.04 Å². The highest BCUT2D eigenvalue weighted by atomic mass is 32.1. The Morgan fingerprint density at radius 2 is 2.09 bits per heavy atom. The molecule has 1 N–H and O–H groups in total. The third-order valence-corrected chi connectivity index (χ3v) is 5.19. The molecule has 5 heteroatoms. The van der Waals surface area contributed by atoms with Crippen LogP contribution in [0.25, 0.3) is 10.7 Å². The number of hydrogen-bond donors (Lipinski definition) is 1. The van der Waals surface area contributed by atoms with Crippen LogP contribution in [0.5, 0.6) is 0 Å². The first-order valence-corrected chi connectivity index (χ1v) is 8.94. The molecule has 1 unspecified atom stereocenters. The smallest absolute Gasteiger partial charge is 0.249 e. The van der Waals surface area contributed by atoms with Gasteiger partial charge in [-0.15, -0.1) is 11.3 Å². The SMILES string of the molecule is CC(Nc1cccc2c1CCCC2)c1nc(-c2cccs2)no1. The standard InChI is InChI=1S/C18H19N3OS/c1-12(18-20-17(21-22-18)16-10-5-11-23-16)19-15-9-4-7-13-6-2-3-8-14(13)15/h4-5,7,9-12,19H,2-3,6,8H2,1H3. The van der Waals surface area contributed by atoms with Crippen LogP contribution in [-0.4, -0.2) is 10.1 Å². The number of anilines is 1. The first kappa shape index (κ1) is 14.5. The molecule has 0 bridgehead atoms. The lowest BCUT2D eigenvalue weighted by molar-refractivity contribution is 0.368. The molecule has 0 saturated heterocycles. The van der Waals surface area contributed by atoms with Crippen molar-refractivity contribution in [1.82, 2.24) is 10.1 Å². The molecule has 1 aliphatic carbocycles. The highest BCUT2D eigenvalue weighted by molar-refractivity contribution is 7.13. The van der Waals surface area contributed by atoms with Crippen molar-refractivity contribution in [2.45, 2.75) is 38.6 Å². The van der Waals surface area contributed by atoms with Gasteiger partial charge < -0.3 is 9.84 Å². The number of aryl methyl sites for hydroxylation is 1. The molecule has 0 amide bonds. The van der Waals surface area contributed by atoms with Gasteiger partial charge in [0, 0.05) is 5.69 Å². The second kappa shape index (κ2) is 6.16. The number of thiophene rings is 1. The largest absolute Gasteiger partial charge is 0.374 e. The van der Waals surface area contributed by atoms with Gasteiger partial charge in [0.25, 0.3) is 0 Å². The maximum absolute atomic E-state index is 5.45. The Morgan fingerprint density at radius 1 is 1.17 bits per heavy atom. The topological polar surface area (TPSA) is 51.0 Å². The number of rotatable bonds is 4. The van der Waals surface area contributed by atoms with E-state index in [9.17, 15) is 0 Å². The van der Waals surface area contributed by atoms with E-state index in [1.54, 1.807) is 11.3 Å². The molecule has 0 radical (unpaired) electrons. The Kier molecular flexibility index (Phi) is 3.87. The van der Waals surface area contributed by atoms with Crippen LogP contribution in [-0.2, 0) is 12.8 Å². The summed E-state index contributed by atoms with van der Waals surface area (Å²) in [6, 6.07) is 10.5. The molecule has 1 aromatic carbocycles. The van der Waals surface area contributed by atoms with E-state index in [0.717, 1.165) is 11.3 Å². The highest BCUT2D eigenvalue weighted by Crippen LogP contribution is 2.30. The van der Waals surface area contributed by atoms with Gasteiger partial charge in [0.1, 0.15) is 6.04 Å². The summed E-state index contributed by atoms with van der Waals surface area (Å²) in [6.45, 7) is 2.06. The molecule has 4 rings (SSSR count). The summed E-state index contributed by atoms with van der Waals surface area (Å²) in [6.07, 6.45) is 4.89. The van der Waals surface area contributed by atoms with E-state index < -0.39 is 0 Å². The van der Waals surface area contributed by atoms with Crippen molar-refractivity contribution in [2.24, 2.45) is 0 Å². The van der Waals surface area contributed by atoms with E-state index in [4.69, 9.17) is 4.52 Å². The maximum atomic E-state index is 5.45. The summed E-state index contributed by atoms with van der Waals surface area (Å²) in [7, 11) is 0. The normalized spacial score (nSPS) is 15.2. The third kappa shape index (κ3) is 2.88. The quantitative estimate of drug-likeness (QED) is 0.745. The molecular formula is C18H19N3OS. The molecule has 0 fully saturated rings. The molecule has 118 valence electrons. The molecule has 2 aromatic heterocycles. The first-order chi connectivity index (χ1) is 11.3. The molecule has 0 saturated carbocycles. The van der Waals surface area contributed by atoms with Crippen LogP contribution in [0.15, 0.2) is 40.2 Å². The Balaban J connectivity index is 1.55. The average molecular weight is 325 g/mol. The summed E-state index contributed by atoms with van der Waals surface area (Å²) in [5, 5.41) is 9.66. The van der Waals surface area contributed by atoms with Gasteiger partial charge in [0.15, 0.2) is 0 Å². The van der Waals surface area contributed by atoms with Gasteiger partial charge in [-0.25, -0.2) is 0 Å². The number of nitrogens with zero attached hydrogens (tertiary/aromatic N) is 2. The minimum Gasteiger partial charge on any atom is -0.374 e. The van der Waals surface area contributed by atoms with Gasteiger partial charge in [0.2, 0.25) is 11.7 Å². The summed E-state index contributed by atoms with van der Waals surface area (Å²) in [5.74, 6) is 1.29. The van der Waals surface area contributed by atoms with Gasteiger partial charge in [-0.05, 0) is 61.2 Å². The van der Waals surface area contributed by atoms with Crippen molar-refractivity contribution < 1.29 is 4.52 Å². The summed E-state index contributed by atoms with van der Waals surface area (Å²) >= 11 is 1.62. The second-order valence-electron chi connectivity index (χ2n) is 5.95. The van der Waals surface area contributed by atoms with Crippen LogP contribution < -0.4 is 5.32 Å². The molecule has 1 aliphatic rings. The average Bonchev–Trinajstić information content (AvgIpc) is 3.26. The van der Waals surface area contributed by atoms with Crippen LogP contribution in [0.4, 0.5) is 5.69 Å². The number of fused-ring (bicyclic) bond motifs is 1. The fourth-order valence-corrected chi connectivity index (χ4v) is 3.78. The predicted molar refractivity (Wildman–Crippen MR) is 92.7 cm³/mol. The number of benzene rings is 1. The molecule has 3 aromatic rings. The van der Waals surface area contributed by atoms with E-state index in [1.165, 1.54) is 36.1 Å².